The number of carbonyl (C=O) groups excluding carboxylic acids is 3. The molecular formula is C35H34N3O7-. The molecule has 0 unspecified atom stereocenters. The van der Waals surface area contributed by atoms with Gasteiger partial charge >= 0.3 is 0 Å². The second-order valence-electron chi connectivity index (χ2n) is 11.4. The van der Waals surface area contributed by atoms with Gasteiger partial charge in [-0.15, -0.1) is 0 Å². The van der Waals surface area contributed by atoms with Crippen molar-refractivity contribution in [2.45, 2.75) is 38.7 Å². The summed E-state index contributed by atoms with van der Waals surface area (Å²) in [6, 6.07) is 15.3. The molecule has 2 aliphatic rings. The maximum absolute atomic E-state index is 13.8. The normalized spacial score (nSPS) is 15.4. The van der Waals surface area contributed by atoms with Gasteiger partial charge in [-0.25, -0.2) is 0 Å². The summed E-state index contributed by atoms with van der Waals surface area (Å²) in [5.74, 6) is 0.165. The van der Waals surface area contributed by atoms with Crippen molar-refractivity contribution in [1.82, 2.24) is 14.7 Å². The van der Waals surface area contributed by atoms with Gasteiger partial charge in [0.25, 0.3) is 5.91 Å². The first kappa shape index (κ1) is 29.9. The van der Waals surface area contributed by atoms with Crippen LogP contribution in [0.5, 0.6) is 17.2 Å². The fourth-order valence-corrected chi connectivity index (χ4v) is 6.16. The number of hydrogen-bond acceptors (Lipinski definition) is 8. The summed E-state index contributed by atoms with van der Waals surface area (Å²) in [6.07, 6.45) is 4.83. The van der Waals surface area contributed by atoms with E-state index in [4.69, 9.17) is 14.2 Å². The van der Waals surface area contributed by atoms with E-state index in [-0.39, 0.29) is 23.7 Å². The van der Waals surface area contributed by atoms with Crippen LogP contribution in [0.4, 0.5) is 0 Å². The number of ketones is 1. The monoisotopic (exact) mass is 608 g/mol. The lowest BCUT2D eigenvalue weighted by molar-refractivity contribution is -0.255. The summed E-state index contributed by atoms with van der Waals surface area (Å²) in [4.78, 5) is 40.3. The van der Waals surface area contributed by atoms with Crippen LogP contribution in [0.1, 0.15) is 64.2 Å². The van der Waals surface area contributed by atoms with Crippen molar-refractivity contribution in [3.8, 4) is 39.5 Å². The Morgan fingerprint density at radius 3 is 2.24 bits per heavy atom. The highest BCUT2D eigenvalue weighted by atomic mass is 16.5. The van der Waals surface area contributed by atoms with E-state index >= 15 is 0 Å². The van der Waals surface area contributed by atoms with Crippen LogP contribution >= 0.6 is 0 Å². The Bertz CT molecular complexity index is 1760. The van der Waals surface area contributed by atoms with Crippen LogP contribution in [0, 0.1) is 0 Å². The fraction of sp³-hybridized carbons (Fsp3) is 0.314. The lowest BCUT2D eigenvalue weighted by atomic mass is 9.81. The molecule has 1 spiro atoms. The molecule has 0 radical (unpaired) electrons. The van der Waals surface area contributed by atoms with Crippen LogP contribution in [-0.2, 0) is 7.05 Å². The van der Waals surface area contributed by atoms with Crippen molar-refractivity contribution in [3.05, 3.63) is 83.7 Å². The van der Waals surface area contributed by atoms with Gasteiger partial charge in [0.1, 0.15) is 22.8 Å². The highest BCUT2D eigenvalue weighted by molar-refractivity contribution is 6.02. The van der Waals surface area contributed by atoms with Gasteiger partial charge in [-0.2, -0.15) is 5.10 Å². The topological polar surface area (TPSA) is 123 Å². The van der Waals surface area contributed by atoms with E-state index in [1.165, 1.54) is 12.1 Å². The number of aromatic nitrogens is 2. The Balaban J connectivity index is 1.20. The van der Waals surface area contributed by atoms with Gasteiger partial charge in [-0.1, -0.05) is 24.3 Å². The van der Waals surface area contributed by atoms with E-state index < -0.39 is 11.6 Å². The highest BCUT2D eigenvalue weighted by Crippen LogP contribution is 2.43. The van der Waals surface area contributed by atoms with E-state index in [1.807, 2.05) is 33.2 Å². The average molecular weight is 609 g/mol. The van der Waals surface area contributed by atoms with E-state index in [2.05, 4.69) is 5.10 Å². The predicted octanol–water partition coefficient (Wildman–Crippen LogP) is 4.56. The standard InChI is InChI=1S/C35H35N3O7/c1-4-43-30-17-25(18-31(44-5-2)32(30)26-20-36-37(3)21-26)33(40)38-13-11-35(12-14-38)19-28(39)27-16-23(9-10-29(27)45-35)22-7-6-8-24(15-22)34(41)42/h6-10,15-18,20-21H,4-5,11-14,19H2,1-3H3,(H,41,42)/p-1. The number of aromatic carboxylic acids is 1. The molecule has 10 nitrogen and oxygen atoms in total. The Morgan fingerprint density at radius 2 is 1.62 bits per heavy atom. The van der Waals surface area contributed by atoms with E-state index in [0.29, 0.717) is 73.1 Å². The number of ether oxygens (including phenoxy) is 3. The fourth-order valence-electron chi connectivity index (χ4n) is 6.16. The molecule has 0 bridgehead atoms. The number of rotatable bonds is 8. The third-order valence-electron chi connectivity index (χ3n) is 8.39. The van der Waals surface area contributed by atoms with Crippen molar-refractivity contribution in [3.63, 3.8) is 0 Å². The number of carbonyl (C=O) groups is 3. The van der Waals surface area contributed by atoms with Crippen molar-refractivity contribution >= 4 is 17.7 Å². The molecule has 232 valence electrons. The van der Waals surface area contributed by atoms with Crippen molar-refractivity contribution in [1.29, 1.82) is 0 Å². The summed E-state index contributed by atoms with van der Waals surface area (Å²) in [7, 11) is 1.84. The Labute approximate surface area is 261 Å². The van der Waals surface area contributed by atoms with Crippen LogP contribution in [0.15, 0.2) is 67.0 Å². The van der Waals surface area contributed by atoms with Gasteiger partial charge in [-0.05, 0) is 60.9 Å². The first-order valence-electron chi connectivity index (χ1n) is 15.1. The molecule has 1 fully saturated rings. The molecule has 1 saturated heterocycles. The Kier molecular flexibility index (Phi) is 8.05. The number of piperidine rings is 1. The smallest absolute Gasteiger partial charge is 0.254 e. The number of fused-ring (bicyclic) bond motifs is 1. The number of aryl methyl sites for hydroxylation is 1. The molecule has 0 saturated carbocycles. The van der Waals surface area contributed by atoms with Crippen LogP contribution in [-0.4, -0.2) is 64.2 Å². The van der Waals surface area contributed by atoms with Gasteiger partial charge < -0.3 is 29.0 Å². The lowest BCUT2D eigenvalue weighted by Gasteiger charge is -2.44. The van der Waals surface area contributed by atoms with Gasteiger partial charge in [0.05, 0.1) is 42.9 Å². The largest absolute Gasteiger partial charge is 0.545 e. The number of benzene rings is 3. The molecule has 3 aromatic carbocycles. The van der Waals surface area contributed by atoms with Crippen molar-refractivity contribution < 1.29 is 33.7 Å². The minimum Gasteiger partial charge on any atom is -0.545 e. The summed E-state index contributed by atoms with van der Waals surface area (Å²) in [5.41, 5.74) is 3.28. The number of nitrogens with zero attached hydrogens (tertiary/aromatic N) is 3. The molecule has 0 atom stereocenters. The number of carboxylic acid groups (broad SMARTS) is 1. The van der Waals surface area contributed by atoms with Gasteiger partial charge in [-0.3, -0.25) is 14.3 Å². The lowest BCUT2D eigenvalue weighted by Crippen LogP contribution is -2.52. The van der Waals surface area contributed by atoms with E-state index in [1.54, 1.807) is 52.2 Å². The molecule has 10 heteroatoms. The summed E-state index contributed by atoms with van der Waals surface area (Å²) < 4.78 is 20.1. The zero-order valence-electron chi connectivity index (χ0n) is 25.5. The SMILES string of the molecule is CCOc1cc(C(=O)N2CCC3(CC2)CC(=O)c2cc(-c4cccc(C(=O)[O-])c4)ccc2O3)cc(OCC)c1-c1cnn(C)c1. The first-order valence-corrected chi connectivity index (χ1v) is 15.1. The van der Waals surface area contributed by atoms with Crippen LogP contribution in [0.2, 0.25) is 0 Å². The summed E-state index contributed by atoms with van der Waals surface area (Å²) >= 11 is 0. The average Bonchev–Trinajstić information content (AvgIpc) is 3.46. The third kappa shape index (κ3) is 5.87. The molecule has 4 aromatic rings. The molecule has 45 heavy (non-hydrogen) atoms. The quantitative estimate of drug-likeness (QED) is 0.285. The van der Waals surface area contributed by atoms with Gasteiger partial charge in [0.2, 0.25) is 0 Å². The molecule has 2 aliphatic heterocycles. The molecule has 1 aromatic heterocycles. The van der Waals surface area contributed by atoms with Crippen molar-refractivity contribution in [2.75, 3.05) is 26.3 Å². The molecule has 6 rings (SSSR count). The van der Waals surface area contributed by atoms with Crippen LogP contribution in [0.25, 0.3) is 22.3 Å². The summed E-state index contributed by atoms with van der Waals surface area (Å²) in [6.45, 7) is 5.48. The molecule has 3 heterocycles. The molecule has 1 amide bonds. The summed E-state index contributed by atoms with van der Waals surface area (Å²) in [5, 5.41) is 15.6. The molecule has 0 N–H and O–H groups in total. The number of hydrogen-bond donors (Lipinski definition) is 0. The van der Waals surface area contributed by atoms with E-state index in [9.17, 15) is 19.5 Å². The maximum atomic E-state index is 13.8. The van der Waals surface area contributed by atoms with Crippen LogP contribution in [0.3, 0.4) is 0 Å². The number of carboxylic acids is 1. The zero-order chi connectivity index (χ0) is 31.7. The predicted molar refractivity (Wildman–Crippen MR) is 165 cm³/mol. The second kappa shape index (κ2) is 12.1. The van der Waals surface area contributed by atoms with Crippen molar-refractivity contribution in [2.24, 2.45) is 7.05 Å². The number of Topliss-reactive ketones (excluding diaryl/α,β-unsaturated/α-hetero) is 1. The maximum Gasteiger partial charge on any atom is 0.254 e. The van der Waals surface area contributed by atoms with E-state index in [0.717, 1.165) is 16.7 Å². The Hall–Kier alpha value is -5.12. The number of amides is 1. The first-order chi connectivity index (χ1) is 21.7. The highest BCUT2D eigenvalue weighted by Gasteiger charge is 2.44. The zero-order valence-corrected chi connectivity index (χ0v) is 25.5. The molecular weight excluding hydrogens is 574 g/mol. The van der Waals surface area contributed by atoms with Gasteiger partial charge in [0, 0.05) is 50.3 Å². The molecule has 0 aliphatic carbocycles. The minimum atomic E-state index is -1.26. The minimum absolute atomic E-state index is 0.0392. The van der Waals surface area contributed by atoms with Crippen LogP contribution < -0.4 is 19.3 Å². The second-order valence-corrected chi connectivity index (χ2v) is 11.4. The third-order valence-corrected chi connectivity index (χ3v) is 8.39. The Morgan fingerprint density at radius 1 is 0.933 bits per heavy atom. The van der Waals surface area contributed by atoms with Gasteiger partial charge in [0.15, 0.2) is 5.78 Å². The number of likely N-dealkylation sites (tertiary alicyclic amines) is 1.